The molecule has 0 heterocycles. The van der Waals surface area contributed by atoms with E-state index in [4.69, 9.17) is 0 Å². The molecule has 0 fully saturated rings. The number of benzene rings is 2. The predicted molar refractivity (Wildman–Crippen MR) is 82.0 cm³/mol. The van der Waals surface area contributed by atoms with E-state index in [0.717, 1.165) is 18.5 Å². The Morgan fingerprint density at radius 2 is 1.90 bits per heavy atom. The first-order valence-corrected chi connectivity index (χ1v) is 7.12. The first-order valence-electron chi connectivity index (χ1n) is 7.12. The number of aryl methyl sites for hydroxylation is 2. The van der Waals surface area contributed by atoms with Gasteiger partial charge in [0.2, 0.25) is 5.91 Å². The minimum absolute atomic E-state index is 0.162. The number of nitrogens with one attached hydrogen (secondary N) is 2. The number of carbonyl (C=O) groups excluding carboxylic acids is 1. The monoisotopic (exact) mass is 284 g/mol. The molecule has 2 aromatic carbocycles. The van der Waals surface area contributed by atoms with Crippen LogP contribution in [0.1, 0.15) is 17.5 Å². The van der Waals surface area contributed by atoms with E-state index in [0.29, 0.717) is 5.69 Å². The molecule has 1 aliphatic rings. The highest BCUT2D eigenvalue weighted by molar-refractivity contribution is 5.93. The highest BCUT2D eigenvalue weighted by Crippen LogP contribution is 2.24. The molecule has 0 aromatic heterocycles. The van der Waals surface area contributed by atoms with E-state index in [-0.39, 0.29) is 18.3 Å². The first-order chi connectivity index (χ1) is 10.2. The van der Waals surface area contributed by atoms with Crippen LogP contribution in [0.15, 0.2) is 42.5 Å². The van der Waals surface area contributed by atoms with Gasteiger partial charge in [-0.25, -0.2) is 4.39 Å². The predicted octanol–water partition coefficient (Wildman–Crippen LogP) is 3.37. The van der Waals surface area contributed by atoms with Crippen molar-refractivity contribution in [2.24, 2.45) is 0 Å². The fourth-order valence-electron chi connectivity index (χ4n) is 2.64. The molecule has 4 heteroatoms. The average Bonchev–Trinajstić information content (AvgIpc) is 2.92. The van der Waals surface area contributed by atoms with Gasteiger partial charge in [-0.1, -0.05) is 12.1 Å². The van der Waals surface area contributed by atoms with Gasteiger partial charge in [-0.3, -0.25) is 4.79 Å². The Balaban J connectivity index is 1.56. The van der Waals surface area contributed by atoms with Crippen LogP contribution in [-0.2, 0) is 17.6 Å². The molecule has 2 aromatic rings. The van der Waals surface area contributed by atoms with Crippen LogP contribution >= 0.6 is 0 Å². The Hall–Kier alpha value is -2.36. The first kappa shape index (κ1) is 13.6. The van der Waals surface area contributed by atoms with Crippen LogP contribution in [0.4, 0.5) is 15.8 Å². The molecule has 0 radical (unpaired) electrons. The van der Waals surface area contributed by atoms with E-state index in [1.807, 2.05) is 6.07 Å². The average molecular weight is 284 g/mol. The molecule has 0 unspecified atom stereocenters. The van der Waals surface area contributed by atoms with E-state index in [1.165, 1.54) is 29.7 Å². The summed E-state index contributed by atoms with van der Waals surface area (Å²) in [4.78, 5) is 11.8. The van der Waals surface area contributed by atoms with Gasteiger partial charge < -0.3 is 10.6 Å². The molecular weight excluding hydrogens is 267 g/mol. The van der Waals surface area contributed by atoms with Crippen molar-refractivity contribution in [3.63, 3.8) is 0 Å². The fraction of sp³-hybridized carbons (Fsp3) is 0.235. The van der Waals surface area contributed by atoms with Crippen molar-refractivity contribution in [3.8, 4) is 0 Å². The summed E-state index contributed by atoms with van der Waals surface area (Å²) in [5.74, 6) is -0.555. The van der Waals surface area contributed by atoms with Gasteiger partial charge in [0.15, 0.2) is 0 Å². The molecule has 108 valence electrons. The van der Waals surface area contributed by atoms with Crippen LogP contribution in [0, 0.1) is 5.82 Å². The summed E-state index contributed by atoms with van der Waals surface area (Å²) in [5, 5.41) is 5.77. The summed E-state index contributed by atoms with van der Waals surface area (Å²) in [6, 6.07) is 12.1. The van der Waals surface area contributed by atoms with Crippen molar-refractivity contribution in [2.75, 3.05) is 17.2 Å². The normalized spacial score (nSPS) is 12.8. The van der Waals surface area contributed by atoms with Crippen LogP contribution in [-0.4, -0.2) is 12.5 Å². The third-order valence-corrected chi connectivity index (χ3v) is 3.66. The largest absolute Gasteiger partial charge is 0.376 e. The van der Waals surface area contributed by atoms with Crippen molar-refractivity contribution in [1.29, 1.82) is 0 Å². The Kier molecular flexibility index (Phi) is 3.86. The lowest BCUT2D eigenvalue weighted by Crippen LogP contribution is -2.21. The van der Waals surface area contributed by atoms with Crippen LogP contribution < -0.4 is 10.6 Å². The molecule has 0 bridgehead atoms. The maximum atomic E-state index is 13.0. The second kappa shape index (κ2) is 5.95. The summed E-state index contributed by atoms with van der Waals surface area (Å²) in [7, 11) is 0. The Morgan fingerprint density at radius 1 is 1.05 bits per heavy atom. The molecule has 1 aliphatic carbocycles. The maximum Gasteiger partial charge on any atom is 0.243 e. The molecule has 0 aliphatic heterocycles. The number of fused-ring (bicyclic) bond motifs is 1. The number of rotatable bonds is 4. The lowest BCUT2D eigenvalue weighted by molar-refractivity contribution is -0.114. The van der Waals surface area contributed by atoms with E-state index >= 15 is 0 Å². The molecular formula is C17H17FN2O. The van der Waals surface area contributed by atoms with Gasteiger partial charge in [0, 0.05) is 11.4 Å². The van der Waals surface area contributed by atoms with Gasteiger partial charge in [-0.2, -0.15) is 0 Å². The standard InChI is InChI=1S/C17H17FN2O/c18-14-5-2-6-16(10-14)20-17(21)11-19-15-8-7-12-3-1-4-13(12)9-15/h2,5-10,19H,1,3-4,11H2,(H,20,21). The molecule has 1 amide bonds. The van der Waals surface area contributed by atoms with Crippen molar-refractivity contribution in [3.05, 3.63) is 59.4 Å². The minimum atomic E-state index is -0.362. The van der Waals surface area contributed by atoms with Crippen molar-refractivity contribution < 1.29 is 9.18 Å². The number of halogens is 1. The van der Waals surface area contributed by atoms with Gasteiger partial charge in [0.25, 0.3) is 0 Å². The topological polar surface area (TPSA) is 41.1 Å². The number of hydrogen-bond donors (Lipinski definition) is 2. The third-order valence-electron chi connectivity index (χ3n) is 3.66. The summed E-state index contributed by atoms with van der Waals surface area (Å²) in [5.41, 5.74) is 4.19. The molecule has 2 N–H and O–H groups in total. The zero-order chi connectivity index (χ0) is 14.7. The van der Waals surface area contributed by atoms with Gasteiger partial charge >= 0.3 is 0 Å². The zero-order valence-electron chi connectivity index (χ0n) is 11.7. The maximum absolute atomic E-state index is 13.0. The molecule has 0 spiro atoms. The van der Waals surface area contributed by atoms with E-state index in [2.05, 4.69) is 22.8 Å². The summed E-state index contributed by atoms with van der Waals surface area (Å²) in [6.45, 7) is 0.162. The van der Waals surface area contributed by atoms with E-state index in [1.54, 1.807) is 12.1 Å². The molecule has 0 saturated carbocycles. The summed E-state index contributed by atoms with van der Waals surface area (Å²) < 4.78 is 13.0. The van der Waals surface area contributed by atoms with Gasteiger partial charge in [-0.05, 0) is 60.7 Å². The second-order valence-corrected chi connectivity index (χ2v) is 5.25. The third kappa shape index (κ3) is 3.40. The van der Waals surface area contributed by atoms with Gasteiger partial charge in [-0.15, -0.1) is 0 Å². The lowest BCUT2D eigenvalue weighted by Gasteiger charge is -2.09. The van der Waals surface area contributed by atoms with Crippen LogP contribution in [0.5, 0.6) is 0 Å². The van der Waals surface area contributed by atoms with Crippen molar-refractivity contribution >= 4 is 17.3 Å². The fourth-order valence-corrected chi connectivity index (χ4v) is 2.64. The molecule has 0 atom stereocenters. The lowest BCUT2D eigenvalue weighted by atomic mass is 10.1. The number of carbonyl (C=O) groups is 1. The van der Waals surface area contributed by atoms with Crippen LogP contribution in [0.2, 0.25) is 0 Å². The zero-order valence-corrected chi connectivity index (χ0v) is 11.7. The molecule has 0 saturated heterocycles. The Labute approximate surface area is 123 Å². The van der Waals surface area contributed by atoms with Gasteiger partial charge in [0.1, 0.15) is 5.82 Å². The SMILES string of the molecule is O=C(CNc1ccc2c(c1)CCC2)Nc1cccc(F)c1. The summed E-state index contributed by atoms with van der Waals surface area (Å²) in [6.07, 6.45) is 3.47. The highest BCUT2D eigenvalue weighted by Gasteiger charge is 2.11. The van der Waals surface area contributed by atoms with E-state index in [9.17, 15) is 9.18 Å². The summed E-state index contributed by atoms with van der Waals surface area (Å²) >= 11 is 0. The number of hydrogen-bond acceptors (Lipinski definition) is 2. The quantitative estimate of drug-likeness (QED) is 0.904. The number of amides is 1. The molecule has 3 nitrogen and oxygen atoms in total. The minimum Gasteiger partial charge on any atom is -0.376 e. The molecule has 3 rings (SSSR count). The van der Waals surface area contributed by atoms with Crippen molar-refractivity contribution in [1.82, 2.24) is 0 Å². The number of anilines is 2. The van der Waals surface area contributed by atoms with Crippen LogP contribution in [0.25, 0.3) is 0 Å². The molecule has 21 heavy (non-hydrogen) atoms. The van der Waals surface area contributed by atoms with Crippen molar-refractivity contribution in [2.45, 2.75) is 19.3 Å². The Bertz CT molecular complexity index is 670. The Morgan fingerprint density at radius 3 is 2.76 bits per heavy atom. The van der Waals surface area contributed by atoms with Gasteiger partial charge in [0.05, 0.1) is 6.54 Å². The van der Waals surface area contributed by atoms with Crippen LogP contribution in [0.3, 0.4) is 0 Å². The van der Waals surface area contributed by atoms with E-state index < -0.39 is 0 Å². The smallest absolute Gasteiger partial charge is 0.243 e. The highest BCUT2D eigenvalue weighted by atomic mass is 19.1. The second-order valence-electron chi connectivity index (χ2n) is 5.25.